The Bertz CT molecular complexity index is 777. The Morgan fingerprint density at radius 2 is 0.710 bits per heavy atom. The lowest BCUT2D eigenvalue weighted by molar-refractivity contribution is 0.153. The Labute approximate surface area is 183 Å². The Balaban J connectivity index is 1.47. The minimum Gasteiger partial charge on any atom is -0.492 e. The zero-order chi connectivity index (χ0) is 21.9. The maximum absolute atomic E-state index is 5.84. The first-order chi connectivity index (χ1) is 15.1. The van der Waals surface area contributed by atoms with Crippen LogP contribution in [0.4, 0.5) is 17.1 Å². The zero-order valence-corrected chi connectivity index (χ0v) is 17.6. The van der Waals surface area contributed by atoms with Crippen LogP contribution in [0.3, 0.4) is 0 Å². The van der Waals surface area contributed by atoms with E-state index in [4.69, 9.17) is 31.4 Å². The normalized spacial score (nSPS) is 10.7. The highest BCUT2D eigenvalue weighted by Gasteiger charge is 2.07. The number of hydrogen-bond donors (Lipinski definition) is 3. The smallest absolute Gasteiger partial charge is 0.119 e. The minimum absolute atomic E-state index is 0.549. The summed E-state index contributed by atoms with van der Waals surface area (Å²) in [6, 6.07) is 22.2. The molecule has 0 aliphatic carbocycles. The summed E-state index contributed by atoms with van der Waals surface area (Å²) in [6.45, 7) is 3.86. The van der Waals surface area contributed by atoms with Gasteiger partial charge in [0.05, 0.1) is 0 Å². The van der Waals surface area contributed by atoms with Crippen molar-refractivity contribution in [2.24, 2.45) is 0 Å². The lowest BCUT2D eigenvalue weighted by atomic mass is 10.3. The standard InChI is InChI=1S/C24H30N4O3/c25-19-1-7-22(8-2-19)29-16-13-28(14-17-30-23-9-3-20(26)4-10-23)15-18-31-24-11-5-21(27)6-12-24/h1-12H,13-18,25-27H2. The lowest BCUT2D eigenvalue weighted by Gasteiger charge is -2.22. The molecule has 0 saturated heterocycles. The third-order valence-electron chi connectivity index (χ3n) is 4.67. The average Bonchev–Trinajstić information content (AvgIpc) is 2.77. The average molecular weight is 423 g/mol. The molecular weight excluding hydrogens is 392 g/mol. The number of nitrogen functional groups attached to an aromatic ring is 3. The van der Waals surface area contributed by atoms with Crippen molar-refractivity contribution in [3.8, 4) is 17.2 Å². The van der Waals surface area contributed by atoms with Gasteiger partial charge in [0.1, 0.15) is 37.1 Å². The summed E-state index contributed by atoms with van der Waals surface area (Å²) in [6.07, 6.45) is 0. The topological polar surface area (TPSA) is 109 Å². The van der Waals surface area contributed by atoms with Gasteiger partial charge in [0.2, 0.25) is 0 Å². The van der Waals surface area contributed by atoms with E-state index in [1.165, 1.54) is 0 Å². The van der Waals surface area contributed by atoms with Gasteiger partial charge in [-0.15, -0.1) is 0 Å². The summed E-state index contributed by atoms with van der Waals surface area (Å²) in [5, 5.41) is 0. The van der Waals surface area contributed by atoms with Gasteiger partial charge in [0.25, 0.3) is 0 Å². The largest absolute Gasteiger partial charge is 0.492 e. The van der Waals surface area contributed by atoms with Gasteiger partial charge in [-0.05, 0) is 72.8 Å². The molecule has 3 aromatic carbocycles. The molecule has 0 heterocycles. The third-order valence-corrected chi connectivity index (χ3v) is 4.67. The van der Waals surface area contributed by atoms with Crippen molar-refractivity contribution >= 4 is 17.1 Å². The molecule has 0 spiro atoms. The van der Waals surface area contributed by atoms with E-state index in [2.05, 4.69) is 4.90 Å². The van der Waals surface area contributed by atoms with Crippen LogP contribution in [0.25, 0.3) is 0 Å². The lowest BCUT2D eigenvalue weighted by Crippen LogP contribution is -2.35. The fraction of sp³-hybridized carbons (Fsp3) is 0.250. The van der Waals surface area contributed by atoms with Gasteiger partial charge >= 0.3 is 0 Å². The molecule has 3 rings (SSSR count). The maximum atomic E-state index is 5.84. The van der Waals surface area contributed by atoms with Crippen molar-refractivity contribution in [2.45, 2.75) is 0 Å². The zero-order valence-electron chi connectivity index (χ0n) is 17.6. The molecule has 3 aromatic rings. The third kappa shape index (κ3) is 7.98. The van der Waals surface area contributed by atoms with E-state index in [1.807, 2.05) is 72.8 Å². The van der Waals surface area contributed by atoms with E-state index in [0.29, 0.717) is 36.9 Å². The number of hydrogen-bond acceptors (Lipinski definition) is 7. The van der Waals surface area contributed by atoms with Crippen LogP contribution in [0.2, 0.25) is 0 Å². The summed E-state index contributed by atoms with van der Waals surface area (Å²) in [5.74, 6) is 2.39. The molecule has 0 aromatic heterocycles. The molecule has 0 fully saturated rings. The first kappa shape index (κ1) is 22.1. The summed E-state index contributed by atoms with van der Waals surface area (Å²) < 4.78 is 17.5. The Hall–Kier alpha value is -3.58. The number of rotatable bonds is 12. The highest BCUT2D eigenvalue weighted by molar-refractivity contribution is 5.42. The van der Waals surface area contributed by atoms with E-state index in [9.17, 15) is 0 Å². The van der Waals surface area contributed by atoms with Gasteiger partial charge in [0, 0.05) is 36.7 Å². The number of nitrogens with zero attached hydrogens (tertiary/aromatic N) is 1. The SMILES string of the molecule is Nc1ccc(OCCN(CCOc2ccc(N)cc2)CCOc2ccc(N)cc2)cc1. The van der Waals surface area contributed by atoms with Gasteiger partial charge < -0.3 is 31.4 Å². The minimum atomic E-state index is 0.549. The Morgan fingerprint density at radius 1 is 0.452 bits per heavy atom. The second-order valence-corrected chi connectivity index (χ2v) is 7.09. The van der Waals surface area contributed by atoms with Crippen LogP contribution in [-0.4, -0.2) is 44.4 Å². The molecule has 6 N–H and O–H groups in total. The van der Waals surface area contributed by atoms with E-state index >= 15 is 0 Å². The predicted octanol–water partition coefficient (Wildman–Crippen LogP) is 3.27. The van der Waals surface area contributed by atoms with Crippen LogP contribution < -0.4 is 31.4 Å². The molecule has 0 radical (unpaired) electrons. The molecule has 7 heteroatoms. The van der Waals surface area contributed by atoms with Crippen molar-refractivity contribution in [2.75, 3.05) is 56.7 Å². The maximum Gasteiger partial charge on any atom is 0.119 e. The second-order valence-electron chi connectivity index (χ2n) is 7.09. The molecule has 7 nitrogen and oxygen atoms in total. The molecule has 164 valence electrons. The fourth-order valence-electron chi connectivity index (χ4n) is 2.91. The molecule has 0 aliphatic heterocycles. The highest BCUT2D eigenvalue weighted by Crippen LogP contribution is 2.15. The molecule has 0 atom stereocenters. The van der Waals surface area contributed by atoms with Crippen LogP contribution in [0.5, 0.6) is 17.2 Å². The summed E-state index contributed by atoms with van der Waals surface area (Å²) >= 11 is 0. The Morgan fingerprint density at radius 3 is 0.968 bits per heavy atom. The predicted molar refractivity (Wildman–Crippen MR) is 125 cm³/mol. The second kappa shape index (κ2) is 11.6. The van der Waals surface area contributed by atoms with E-state index in [-0.39, 0.29) is 0 Å². The monoisotopic (exact) mass is 422 g/mol. The Kier molecular flexibility index (Phi) is 8.25. The van der Waals surface area contributed by atoms with Gasteiger partial charge in [-0.25, -0.2) is 0 Å². The van der Waals surface area contributed by atoms with Gasteiger partial charge in [-0.1, -0.05) is 0 Å². The van der Waals surface area contributed by atoms with Crippen LogP contribution in [-0.2, 0) is 0 Å². The van der Waals surface area contributed by atoms with Crippen molar-refractivity contribution in [3.63, 3.8) is 0 Å². The van der Waals surface area contributed by atoms with Crippen LogP contribution in [0, 0.1) is 0 Å². The highest BCUT2D eigenvalue weighted by atomic mass is 16.5. The molecule has 0 bridgehead atoms. The first-order valence-electron chi connectivity index (χ1n) is 10.3. The number of anilines is 3. The number of benzene rings is 3. The van der Waals surface area contributed by atoms with Crippen LogP contribution in [0.1, 0.15) is 0 Å². The number of nitrogens with two attached hydrogens (primary N) is 3. The van der Waals surface area contributed by atoms with Gasteiger partial charge in [0.15, 0.2) is 0 Å². The van der Waals surface area contributed by atoms with Crippen molar-refractivity contribution in [3.05, 3.63) is 72.8 Å². The quantitative estimate of drug-likeness (QED) is 0.384. The number of ether oxygens (including phenoxy) is 3. The van der Waals surface area contributed by atoms with Crippen LogP contribution in [0.15, 0.2) is 72.8 Å². The van der Waals surface area contributed by atoms with Crippen molar-refractivity contribution in [1.82, 2.24) is 4.90 Å². The first-order valence-corrected chi connectivity index (χ1v) is 10.3. The van der Waals surface area contributed by atoms with Gasteiger partial charge in [-0.3, -0.25) is 4.90 Å². The molecule has 0 saturated carbocycles. The molecular formula is C24H30N4O3. The van der Waals surface area contributed by atoms with E-state index in [0.717, 1.165) is 36.9 Å². The molecule has 0 aliphatic rings. The van der Waals surface area contributed by atoms with E-state index < -0.39 is 0 Å². The summed E-state index contributed by atoms with van der Waals surface area (Å²) in [7, 11) is 0. The summed E-state index contributed by atoms with van der Waals surface area (Å²) in [5.41, 5.74) is 19.3. The van der Waals surface area contributed by atoms with Crippen LogP contribution >= 0.6 is 0 Å². The molecule has 0 unspecified atom stereocenters. The fourth-order valence-corrected chi connectivity index (χ4v) is 2.91. The van der Waals surface area contributed by atoms with Crippen molar-refractivity contribution in [1.29, 1.82) is 0 Å². The van der Waals surface area contributed by atoms with Gasteiger partial charge in [-0.2, -0.15) is 0 Å². The van der Waals surface area contributed by atoms with Crippen molar-refractivity contribution < 1.29 is 14.2 Å². The van der Waals surface area contributed by atoms with E-state index in [1.54, 1.807) is 0 Å². The molecule has 31 heavy (non-hydrogen) atoms. The molecule has 0 amide bonds. The summed E-state index contributed by atoms with van der Waals surface area (Å²) in [4.78, 5) is 2.24.